The average Bonchev–Trinajstić information content (AvgIpc) is 2.15. The Morgan fingerprint density at radius 1 is 1.38 bits per heavy atom. The molecule has 1 aromatic rings. The van der Waals surface area contributed by atoms with Crippen LogP contribution in [-0.4, -0.2) is 4.98 Å². The largest absolute Gasteiger partial charge is 0.433 e. The quantitative estimate of drug-likeness (QED) is 0.656. The van der Waals surface area contributed by atoms with Crippen LogP contribution in [0.15, 0.2) is 6.07 Å². The molecule has 0 aliphatic carbocycles. The molecule has 2 N–H and O–H groups in total. The number of nitrogens with two attached hydrogens (primary N) is 1. The lowest BCUT2D eigenvalue weighted by atomic mass is 10.2. The van der Waals surface area contributed by atoms with Crippen LogP contribution in [0.2, 0.25) is 0 Å². The van der Waals surface area contributed by atoms with E-state index in [1.165, 1.54) is 22.6 Å². The maximum absolute atomic E-state index is 12.4. The fourth-order valence-electron chi connectivity index (χ4n) is 1.04. The van der Waals surface area contributed by atoms with E-state index in [9.17, 15) is 22.0 Å². The van der Waals surface area contributed by atoms with Crippen molar-refractivity contribution in [2.24, 2.45) is 5.73 Å². The van der Waals surface area contributed by atoms with E-state index in [2.05, 4.69) is 4.98 Å². The first-order chi connectivity index (χ1) is 7.27. The predicted molar refractivity (Wildman–Crippen MR) is 54.8 cm³/mol. The molecule has 1 aromatic heterocycles. The molecule has 8 heteroatoms. The molecule has 0 spiro atoms. The third-order valence-electron chi connectivity index (χ3n) is 1.78. The zero-order chi connectivity index (χ0) is 12.5. The number of aromatic nitrogens is 1. The Balaban J connectivity index is 3.40. The summed E-state index contributed by atoms with van der Waals surface area (Å²) < 4.78 is 61.8. The highest BCUT2D eigenvalue weighted by Gasteiger charge is 2.34. The Morgan fingerprint density at radius 3 is 2.31 bits per heavy atom. The number of halogens is 6. The first kappa shape index (κ1) is 13.6. The van der Waals surface area contributed by atoms with Gasteiger partial charge < -0.3 is 5.73 Å². The summed E-state index contributed by atoms with van der Waals surface area (Å²) in [6.07, 6.45) is -7.81. The topological polar surface area (TPSA) is 38.9 Å². The molecule has 0 saturated heterocycles. The van der Waals surface area contributed by atoms with E-state index in [1.807, 2.05) is 0 Å². The van der Waals surface area contributed by atoms with Gasteiger partial charge in [0, 0.05) is 10.1 Å². The third kappa shape index (κ3) is 2.78. The SMILES string of the molecule is NCc1cc(C(F)(F)F)nc(C(F)F)c1I. The van der Waals surface area contributed by atoms with Crippen molar-refractivity contribution in [3.63, 3.8) is 0 Å². The van der Waals surface area contributed by atoms with Crippen molar-refractivity contribution in [2.75, 3.05) is 0 Å². The molecule has 0 aliphatic rings. The second-order valence-electron chi connectivity index (χ2n) is 2.87. The molecule has 0 radical (unpaired) electrons. The highest BCUT2D eigenvalue weighted by molar-refractivity contribution is 14.1. The molecule has 0 aromatic carbocycles. The summed E-state index contributed by atoms with van der Waals surface area (Å²) in [5.41, 5.74) is 2.98. The minimum absolute atomic E-state index is 0.0122. The minimum atomic E-state index is -4.75. The summed E-state index contributed by atoms with van der Waals surface area (Å²) in [6, 6.07) is 0.688. The van der Waals surface area contributed by atoms with E-state index in [-0.39, 0.29) is 15.7 Å². The minimum Gasteiger partial charge on any atom is -0.326 e. The van der Waals surface area contributed by atoms with E-state index < -0.39 is 24.0 Å². The van der Waals surface area contributed by atoms with Gasteiger partial charge in [-0.05, 0) is 34.2 Å². The van der Waals surface area contributed by atoms with Crippen LogP contribution in [-0.2, 0) is 12.7 Å². The molecular weight excluding hydrogens is 346 g/mol. The van der Waals surface area contributed by atoms with Crippen molar-refractivity contribution < 1.29 is 22.0 Å². The lowest BCUT2D eigenvalue weighted by molar-refractivity contribution is -0.141. The van der Waals surface area contributed by atoms with Crippen LogP contribution in [0.4, 0.5) is 22.0 Å². The van der Waals surface area contributed by atoms with E-state index >= 15 is 0 Å². The Morgan fingerprint density at radius 2 is 1.94 bits per heavy atom. The van der Waals surface area contributed by atoms with Gasteiger partial charge in [-0.2, -0.15) is 13.2 Å². The maximum Gasteiger partial charge on any atom is 0.433 e. The van der Waals surface area contributed by atoms with E-state index in [1.54, 1.807) is 0 Å². The molecule has 2 nitrogen and oxygen atoms in total. The van der Waals surface area contributed by atoms with Gasteiger partial charge in [-0.1, -0.05) is 0 Å². The molecule has 1 rings (SSSR count). The van der Waals surface area contributed by atoms with Crippen LogP contribution in [0.1, 0.15) is 23.4 Å². The van der Waals surface area contributed by atoms with Gasteiger partial charge in [0.2, 0.25) is 0 Å². The third-order valence-corrected chi connectivity index (χ3v) is 3.02. The van der Waals surface area contributed by atoms with Gasteiger partial charge >= 0.3 is 6.18 Å². The first-order valence-electron chi connectivity index (χ1n) is 4.02. The molecule has 0 saturated carbocycles. The van der Waals surface area contributed by atoms with Crippen LogP contribution in [0.3, 0.4) is 0 Å². The van der Waals surface area contributed by atoms with Gasteiger partial charge in [0.05, 0.1) is 0 Å². The summed E-state index contributed by atoms with van der Waals surface area (Å²) in [5.74, 6) is 0. The highest BCUT2D eigenvalue weighted by atomic mass is 127. The van der Waals surface area contributed by atoms with Crippen LogP contribution in [0.5, 0.6) is 0 Å². The van der Waals surface area contributed by atoms with Crippen LogP contribution in [0, 0.1) is 3.57 Å². The maximum atomic E-state index is 12.4. The van der Waals surface area contributed by atoms with Crippen molar-refractivity contribution in [3.8, 4) is 0 Å². The summed E-state index contributed by atoms with van der Waals surface area (Å²) in [7, 11) is 0. The molecule has 0 fully saturated rings. The van der Waals surface area contributed by atoms with E-state index in [0.29, 0.717) is 6.07 Å². The molecule has 16 heavy (non-hydrogen) atoms. The van der Waals surface area contributed by atoms with Crippen LogP contribution < -0.4 is 5.73 Å². The number of nitrogens with zero attached hydrogens (tertiary/aromatic N) is 1. The summed E-state index contributed by atoms with van der Waals surface area (Å²) >= 11 is 1.51. The molecule has 0 aliphatic heterocycles. The predicted octanol–water partition coefficient (Wildman–Crippen LogP) is 3.10. The van der Waals surface area contributed by atoms with E-state index in [4.69, 9.17) is 5.73 Å². The highest BCUT2D eigenvalue weighted by Crippen LogP contribution is 2.33. The number of rotatable bonds is 2. The van der Waals surface area contributed by atoms with Crippen molar-refractivity contribution in [1.82, 2.24) is 4.98 Å². The Hall–Kier alpha value is -0.510. The molecule has 0 bridgehead atoms. The van der Waals surface area contributed by atoms with Crippen LogP contribution in [0.25, 0.3) is 0 Å². The normalized spacial score (nSPS) is 12.2. The summed E-state index contributed by atoms with van der Waals surface area (Å²) in [4.78, 5) is 2.91. The smallest absolute Gasteiger partial charge is 0.326 e. The van der Waals surface area contributed by atoms with E-state index in [0.717, 1.165) is 0 Å². The summed E-state index contributed by atoms with van der Waals surface area (Å²) in [6.45, 7) is -0.246. The molecular formula is C8H6F5IN2. The lowest BCUT2D eigenvalue weighted by Crippen LogP contribution is -2.14. The Bertz CT molecular complexity index is 391. The number of pyridine rings is 1. The molecule has 1 heterocycles. The van der Waals surface area contributed by atoms with Gasteiger partial charge in [-0.3, -0.25) is 0 Å². The van der Waals surface area contributed by atoms with Crippen molar-refractivity contribution in [3.05, 3.63) is 26.6 Å². The molecule has 0 unspecified atom stereocenters. The van der Waals surface area contributed by atoms with Gasteiger partial charge in [-0.25, -0.2) is 13.8 Å². The number of hydrogen-bond donors (Lipinski definition) is 1. The number of alkyl halides is 5. The Kier molecular flexibility index (Phi) is 4.05. The van der Waals surface area contributed by atoms with Crippen molar-refractivity contribution >= 4 is 22.6 Å². The fourth-order valence-corrected chi connectivity index (χ4v) is 1.77. The zero-order valence-corrected chi connectivity index (χ0v) is 9.81. The second-order valence-corrected chi connectivity index (χ2v) is 3.95. The van der Waals surface area contributed by atoms with Gasteiger partial charge in [0.25, 0.3) is 6.43 Å². The Labute approximate surface area is 101 Å². The van der Waals surface area contributed by atoms with Crippen molar-refractivity contribution in [2.45, 2.75) is 19.1 Å². The lowest BCUT2D eigenvalue weighted by Gasteiger charge is -2.12. The fraction of sp³-hybridized carbons (Fsp3) is 0.375. The molecule has 0 amide bonds. The van der Waals surface area contributed by atoms with Crippen molar-refractivity contribution in [1.29, 1.82) is 0 Å². The van der Waals surface area contributed by atoms with Gasteiger partial charge in [-0.15, -0.1) is 0 Å². The molecule has 0 atom stereocenters. The zero-order valence-electron chi connectivity index (χ0n) is 7.65. The average molecular weight is 352 g/mol. The van der Waals surface area contributed by atoms with Gasteiger partial charge in [0.15, 0.2) is 0 Å². The number of hydrogen-bond acceptors (Lipinski definition) is 2. The van der Waals surface area contributed by atoms with Crippen LogP contribution >= 0.6 is 22.6 Å². The monoisotopic (exact) mass is 352 g/mol. The first-order valence-corrected chi connectivity index (χ1v) is 5.10. The molecule has 90 valence electrons. The standard InChI is InChI=1S/C8H6F5IN2/c9-7(10)6-5(14)3(2-15)1-4(16-6)8(11,12)13/h1,7H,2,15H2. The second kappa shape index (κ2) is 4.78. The summed E-state index contributed by atoms with van der Waals surface area (Å²) in [5, 5.41) is 0. The van der Waals surface area contributed by atoms with Gasteiger partial charge in [0.1, 0.15) is 11.4 Å².